The van der Waals surface area contributed by atoms with Crippen LogP contribution in [-0.2, 0) is 6.42 Å². The van der Waals surface area contributed by atoms with Gasteiger partial charge in [-0.3, -0.25) is 0 Å². The van der Waals surface area contributed by atoms with Gasteiger partial charge in [-0.15, -0.1) is 0 Å². The van der Waals surface area contributed by atoms with Crippen LogP contribution in [0.1, 0.15) is 26.3 Å². The minimum atomic E-state index is -0.830. The molecule has 0 bridgehead atoms. The van der Waals surface area contributed by atoms with Gasteiger partial charge in [-0.2, -0.15) is 0 Å². The molecule has 1 rings (SSSR count). The van der Waals surface area contributed by atoms with Gasteiger partial charge < -0.3 is 10.4 Å². The Morgan fingerprint density at radius 1 is 1.33 bits per heavy atom. The van der Waals surface area contributed by atoms with Crippen molar-refractivity contribution in [1.29, 1.82) is 0 Å². The average molecular weight is 290 g/mol. The zero-order valence-electron chi connectivity index (χ0n) is 11.1. The molecule has 0 aromatic heterocycles. The van der Waals surface area contributed by atoms with Crippen LogP contribution in [-0.4, -0.2) is 23.8 Å². The van der Waals surface area contributed by atoms with E-state index in [-0.39, 0.29) is 0 Å². The molecule has 0 fully saturated rings. The summed E-state index contributed by atoms with van der Waals surface area (Å²) >= 11 is 12.0. The fraction of sp³-hybridized carbons (Fsp3) is 0.571. The van der Waals surface area contributed by atoms with Crippen LogP contribution in [0.4, 0.5) is 0 Å². The fourth-order valence-corrected chi connectivity index (χ4v) is 2.16. The van der Waals surface area contributed by atoms with Crippen molar-refractivity contribution in [3.05, 3.63) is 33.8 Å². The Labute approximate surface area is 119 Å². The van der Waals surface area contributed by atoms with Gasteiger partial charge in [0.2, 0.25) is 0 Å². The smallest absolute Gasteiger partial charge is 0.0784 e. The summed E-state index contributed by atoms with van der Waals surface area (Å²) < 4.78 is 0. The zero-order chi connectivity index (χ0) is 13.8. The van der Waals surface area contributed by atoms with E-state index in [4.69, 9.17) is 23.2 Å². The maximum Gasteiger partial charge on any atom is 0.0784 e. The van der Waals surface area contributed by atoms with Gasteiger partial charge in [-0.25, -0.2) is 0 Å². The summed E-state index contributed by atoms with van der Waals surface area (Å²) in [5.41, 5.74) is 0.0453. The van der Waals surface area contributed by atoms with Gasteiger partial charge in [0.25, 0.3) is 0 Å². The van der Waals surface area contributed by atoms with Crippen molar-refractivity contribution >= 4 is 23.2 Å². The number of halogens is 2. The Bertz CT molecular complexity index is 391. The number of hydrogen-bond donors (Lipinski definition) is 2. The van der Waals surface area contributed by atoms with Gasteiger partial charge in [0.15, 0.2) is 0 Å². The van der Waals surface area contributed by atoms with E-state index in [9.17, 15) is 5.11 Å². The molecule has 1 unspecified atom stereocenters. The number of nitrogens with one attached hydrogen (secondary N) is 1. The lowest BCUT2D eigenvalue weighted by molar-refractivity contribution is 0.0596. The Kier molecular flexibility index (Phi) is 5.93. The molecule has 1 aromatic carbocycles. The Morgan fingerprint density at radius 2 is 2.00 bits per heavy atom. The normalized spacial score (nSPS) is 14.8. The molecule has 1 atom stereocenters. The van der Waals surface area contributed by atoms with Gasteiger partial charge in [0.05, 0.1) is 5.60 Å². The third kappa shape index (κ3) is 5.57. The molecule has 0 aliphatic heterocycles. The maximum absolute atomic E-state index is 10.3. The summed E-state index contributed by atoms with van der Waals surface area (Å²) in [5, 5.41) is 14.9. The highest BCUT2D eigenvalue weighted by molar-refractivity contribution is 6.33. The van der Waals surface area contributed by atoms with Crippen LogP contribution in [0.15, 0.2) is 18.2 Å². The predicted molar refractivity (Wildman–Crippen MR) is 78.5 cm³/mol. The van der Waals surface area contributed by atoms with E-state index in [0.29, 0.717) is 28.9 Å². The van der Waals surface area contributed by atoms with Crippen molar-refractivity contribution in [2.75, 3.05) is 13.1 Å². The minimum Gasteiger partial charge on any atom is -0.389 e. The first-order chi connectivity index (χ1) is 8.30. The lowest BCUT2D eigenvalue weighted by atomic mass is 9.96. The first-order valence-corrected chi connectivity index (χ1v) is 6.93. The molecule has 0 heterocycles. The van der Waals surface area contributed by atoms with Crippen molar-refractivity contribution in [3.8, 4) is 0 Å². The SMILES string of the molecule is CC(C)CNCC(C)(O)Cc1cc(Cl)ccc1Cl. The van der Waals surface area contributed by atoms with Crippen LogP contribution in [0.3, 0.4) is 0 Å². The van der Waals surface area contributed by atoms with Crippen molar-refractivity contribution < 1.29 is 5.11 Å². The molecule has 0 saturated heterocycles. The van der Waals surface area contributed by atoms with E-state index in [1.165, 1.54) is 0 Å². The number of benzene rings is 1. The third-order valence-corrected chi connectivity index (χ3v) is 3.24. The molecule has 0 saturated carbocycles. The van der Waals surface area contributed by atoms with Gasteiger partial charge in [0.1, 0.15) is 0 Å². The molecule has 4 heteroatoms. The molecule has 0 aliphatic rings. The topological polar surface area (TPSA) is 32.3 Å². The monoisotopic (exact) mass is 289 g/mol. The van der Waals surface area contributed by atoms with Gasteiger partial charge >= 0.3 is 0 Å². The second-order valence-electron chi connectivity index (χ2n) is 5.43. The highest BCUT2D eigenvalue weighted by Gasteiger charge is 2.22. The van der Waals surface area contributed by atoms with Gasteiger partial charge in [-0.1, -0.05) is 37.0 Å². The molecular formula is C14H21Cl2NO. The van der Waals surface area contributed by atoms with Gasteiger partial charge in [-0.05, 0) is 43.1 Å². The lowest BCUT2D eigenvalue weighted by Crippen LogP contribution is -2.41. The second-order valence-corrected chi connectivity index (χ2v) is 6.28. The van der Waals surface area contributed by atoms with Crippen molar-refractivity contribution in [3.63, 3.8) is 0 Å². The van der Waals surface area contributed by atoms with Crippen LogP contribution in [0, 0.1) is 5.92 Å². The average Bonchev–Trinajstić information content (AvgIpc) is 2.22. The Balaban J connectivity index is 2.61. The molecule has 2 nitrogen and oxygen atoms in total. The molecule has 2 N–H and O–H groups in total. The van der Waals surface area contributed by atoms with Crippen molar-refractivity contribution in [2.24, 2.45) is 5.92 Å². The summed E-state index contributed by atoms with van der Waals surface area (Å²) in [6.07, 6.45) is 0.484. The third-order valence-electron chi connectivity index (χ3n) is 2.64. The highest BCUT2D eigenvalue weighted by Crippen LogP contribution is 2.24. The molecule has 0 aliphatic carbocycles. The van der Waals surface area contributed by atoms with E-state index in [0.717, 1.165) is 12.1 Å². The standard InChI is InChI=1S/C14H21Cl2NO/c1-10(2)8-17-9-14(3,18)7-11-6-12(15)4-5-13(11)16/h4-6,10,17-18H,7-9H2,1-3H3. The second kappa shape index (κ2) is 6.76. The molecule has 0 radical (unpaired) electrons. The molecule has 0 amide bonds. The van der Waals surface area contributed by atoms with Crippen LogP contribution in [0.25, 0.3) is 0 Å². The maximum atomic E-state index is 10.3. The summed E-state index contributed by atoms with van der Waals surface area (Å²) in [6, 6.07) is 5.32. The zero-order valence-corrected chi connectivity index (χ0v) is 12.6. The number of hydrogen-bond acceptors (Lipinski definition) is 2. The largest absolute Gasteiger partial charge is 0.389 e. The van der Waals surface area contributed by atoms with E-state index >= 15 is 0 Å². The van der Waals surface area contributed by atoms with E-state index < -0.39 is 5.60 Å². The molecule has 18 heavy (non-hydrogen) atoms. The minimum absolute atomic E-state index is 0.484. The quantitative estimate of drug-likeness (QED) is 0.840. The van der Waals surface area contributed by atoms with Gasteiger partial charge in [0, 0.05) is 23.0 Å². The molecule has 1 aromatic rings. The number of aliphatic hydroxyl groups is 1. The van der Waals surface area contributed by atoms with Crippen LogP contribution in [0.2, 0.25) is 10.0 Å². The van der Waals surface area contributed by atoms with E-state index in [2.05, 4.69) is 19.2 Å². The van der Waals surface area contributed by atoms with E-state index in [1.54, 1.807) is 25.1 Å². The van der Waals surface area contributed by atoms with Crippen molar-refractivity contribution in [1.82, 2.24) is 5.32 Å². The van der Waals surface area contributed by atoms with Crippen LogP contribution < -0.4 is 5.32 Å². The summed E-state index contributed by atoms with van der Waals surface area (Å²) in [6.45, 7) is 7.50. The first kappa shape index (κ1) is 15.8. The summed E-state index contributed by atoms with van der Waals surface area (Å²) in [5.74, 6) is 0.565. The van der Waals surface area contributed by atoms with Crippen LogP contribution in [0.5, 0.6) is 0 Å². The van der Waals surface area contributed by atoms with E-state index in [1.807, 2.05) is 0 Å². The molecule has 102 valence electrons. The summed E-state index contributed by atoms with van der Waals surface area (Å²) in [4.78, 5) is 0. The lowest BCUT2D eigenvalue weighted by Gasteiger charge is -2.25. The highest BCUT2D eigenvalue weighted by atomic mass is 35.5. The first-order valence-electron chi connectivity index (χ1n) is 6.17. The molecule has 0 spiro atoms. The summed E-state index contributed by atoms with van der Waals surface area (Å²) in [7, 11) is 0. The fourth-order valence-electron chi connectivity index (χ4n) is 1.78. The Morgan fingerprint density at radius 3 is 2.61 bits per heavy atom. The molecular weight excluding hydrogens is 269 g/mol. The number of rotatable bonds is 6. The predicted octanol–water partition coefficient (Wildman–Crippen LogP) is 3.53. The van der Waals surface area contributed by atoms with Crippen molar-refractivity contribution in [2.45, 2.75) is 32.8 Å². The van der Waals surface area contributed by atoms with Crippen LogP contribution >= 0.6 is 23.2 Å². The Hall–Kier alpha value is -0.280.